The van der Waals surface area contributed by atoms with Crippen molar-refractivity contribution in [3.05, 3.63) is 0 Å². The molecule has 1 aliphatic carbocycles. The van der Waals surface area contributed by atoms with Crippen LogP contribution in [-0.2, 0) is 0 Å². The van der Waals surface area contributed by atoms with Crippen molar-refractivity contribution in [1.82, 2.24) is 0 Å². The fraction of sp³-hybridized carbons (Fsp3) is 0.750. The van der Waals surface area contributed by atoms with E-state index in [1.807, 2.05) is 0 Å². The van der Waals surface area contributed by atoms with E-state index in [1.165, 1.54) is 0 Å². The first kappa shape index (κ1) is 5.69. The molecule has 0 bridgehead atoms. The molecule has 0 aromatic carbocycles. The zero-order chi connectivity index (χ0) is 6.15. The van der Waals surface area contributed by atoms with E-state index in [9.17, 15) is 0 Å². The number of hydrogen-bond donors (Lipinski definition) is 0. The second-order valence-corrected chi connectivity index (χ2v) is 2.85. The van der Waals surface area contributed by atoms with Gasteiger partial charge in [-0.15, -0.1) is 0 Å². The molecule has 0 N–H and O–H groups in total. The van der Waals surface area contributed by atoms with E-state index >= 15 is 0 Å². The van der Waals surface area contributed by atoms with Crippen LogP contribution in [0.5, 0.6) is 0 Å². The molecule has 0 saturated carbocycles. The Morgan fingerprint density at radius 1 is 1.25 bits per heavy atom. The third-order valence-corrected chi connectivity index (χ3v) is 1.73. The molecule has 2 atom stereocenters. The van der Waals surface area contributed by atoms with Gasteiger partial charge in [-0.1, -0.05) is 32.6 Å². The number of rotatable bonds is 1. The summed E-state index contributed by atoms with van der Waals surface area (Å²) in [4.78, 5) is 0. The second-order valence-electron chi connectivity index (χ2n) is 2.85. The lowest BCUT2D eigenvalue weighted by atomic mass is 9.79. The highest BCUT2D eigenvalue weighted by molar-refractivity contribution is 5.21. The van der Waals surface area contributed by atoms with E-state index in [0.29, 0.717) is 11.8 Å². The van der Waals surface area contributed by atoms with Gasteiger partial charge in [0.1, 0.15) is 0 Å². The summed E-state index contributed by atoms with van der Waals surface area (Å²) in [5, 5.41) is 0. The van der Waals surface area contributed by atoms with E-state index in [0.717, 1.165) is 5.92 Å². The summed E-state index contributed by atoms with van der Waals surface area (Å²) < 4.78 is 0. The predicted octanol–water partition coefficient (Wildman–Crippen LogP) is 1.91. The number of hydrogen-bond acceptors (Lipinski definition) is 0. The van der Waals surface area contributed by atoms with Gasteiger partial charge in [0.15, 0.2) is 0 Å². The average molecular weight is 108 g/mol. The Labute approximate surface area is 51.3 Å². The van der Waals surface area contributed by atoms with E-state index in [4.69, 9.17) is 0 Å². The molecular formula is C8H12. The molecular weight excluding hydrogens is 96.1 g/mol. The molecule has 0 aromatic heterocycles. The molecule has 0 radical (unpaired) electrons. The molecule has 0 nitrogen and oxygen atoms in total. The molecule has 0 heterocycles. The van der Waals surface area contributed by atoms with Gasteiger partial charge in [0.05, 0.1) is 0 Å². The van der Waals surface area contributed by atoms with Gasteiger partial charge in [-0.2, -0.15) is 0 Å². The first-order valence-electron chi connectivity index (χ1n) is 3.23. The van der Waals surface area contributed by atoms with Crippen molar-refractivity contribution in [3.8, 4) is 11.8 Å². The van der Waals surface area contributed by atoms with Crippen LogP contribution in [0.15, 0.2) is 0 Å². The van der Waals surface area contributed by atoms with Crippen LogP contribution in [0.3, 0.4) is 0 Å². The Morgan fingerprint density at radius 2 is 1.88 bits per heavy atom. The third kappa shape index (κ3) is 0.733. The van der Waals surface area contributed by atoms with Crippen molar-refractivity contribution in [1.29, 1.82) is 0 Å². The monoisotopic (exact) mass is 108 g/mol. The van der Waals surface area contributed by atoms with Gasteiger partial charge in [0.25, 0.3) is 0 Å². The lowest BCUT2D eigenvalue weighted by Crippen LogP contribution is -2.20. The summed E-state index contributed by atoms with van der Waals surface area (Å²) in [6.45, 7) is 6.66. The molecule has 0 amide bonds. The highest BCUT2D eigenvalue weighted by Crippen LogP contribution is 2.24. The summed E-state index contributed by atoms with van der Waals surface area (Å²) in [7, 11) is 0. The minimum Gasteiger partial charge on any atom is -0.0985 e. The molecule has 0 aliphatic heterocycles. The SMILES string of the molecule is CC(C)C1C#CC1C. The summed E-state index contributed by atoms with van der Waals surface area (Å²) in [5.74, 6) is 8.34. The van der Waals surface area contributed by atoms with Gasteiger partial charge in [0.2, 0.25) is 0 Å². The summed E-state index contributed by atoms with van der Waals surface area (Å²) in [6.07, 6.45) is 0. The van der Waals surface area contributed by atoms with Crippen LogP contribution in [0, 0.1) is 29.6 Å². The Balaban J connectivity index is 2.46. The highest BCUT2D eigenvalue weighted by Gasteiger charge is 2.21. The minimum atomic E-state index is 0.662. The van der Waals surface area contributed by atoms with Gasteiger partial charge in [0, 0.05) is 11.8 Å². The molecule has 1 rings (SSSR count). The van der Waals surface area contributed by atoms with Crippen molar-refractivity contribution >= 4 is 0 Å². The molecule has 0 aromatic rings. The third-order valence-electron chi connectivity index (χ3n) is 1.73. The normalized spacial score (nSPS) is 33.5. The maximum atomic E-state index is 3.14. The van der Waals surface area contributed by atoms with Crippen LogP contribution in [0.4, 0.5) is 0 Å². The molecule has 0 heteroatoms. The van der Waals surface area contributed by atoms with Crippen molar-refractivity contribution in [3.63, 3.8) is 0 Å². The maximum absolute atomic E-state index is 3.14. The molecule has 1 aliphatic rings. The summed E-state index contributed by atoms with van der Waals surface area (Å²) in [5.41, 5.74) is 0. The Bertz CT molecular complexity index is 134. The van der Waals surface area contributed by atoms with E-state index in [-0.39, 0.29) is 0 Å². The lowest BCUT2D eigenvalue weighted by molar-refractivity contribution is 0.384. The Morgan fingerprint density at radius 3 is 1.88 bits per heavy atom. The van der Waals surface area contributed by atoms with E-state index < -0.39 is 0 Å². The van der Waals surface area contributed by atoms with Gasteiger partial charge >= 0.3 is 0 Å². The van der Waals surface area contributed by atoms with Crippen molar-refractivity contribution < 1.29 is 0 Å². The van der Waals surface area contributed by atoms with Gasteiger partial charge in [-0.3, -0.25) is 0 Å². The summed E-state index contributed by atoms with van der Waals surface area (Å²) >= 11 is 0. The standard InChI is InChI=1S/C8H12/c1-6(2)8-5-4-7(8)3/h6-8H,1-3H3. The minimum absolute atomic E-state index is 0.662. The van der Waals surface area contributed by atoms with Crippen LogP contribution >= 0.6 is 0 Å². The van der Waals surface area contributed by atoms with Gasteiger partial charge in [-0.05, 0) is 5.92 Å². The van der Waals surface area contributed by atoms with E-state index in [2.05, 4.69) is 32.6 Å². The van der Waals surface area contributed by atoms with Crippen LogP contribution < -0.4 is 0 Å². The van der Waals surface area contributed by atoms with Gasteiger partial charge in [-0.25, -0.2) is 0 Å². The first-order chi connectivity index (χ1) is 3.72. The lowest BCUT2D eigenvalue weighted by Gasteiger charge is -2.23. The van der Waals surface area contributed by atoms with Crippen molar-refractivity contribution in [2.45, 2.75) is 20.8 Å². The quantitative estimate of drug-likeness (QED) is 0.450. The van der Waals surface area contributed by atoms with Gasteiger partial charge < -0.3 is 0 Å². The zero-order valence-corrected chi connectivity index (χ0v) is 5.73. The molecule has 8 heavy (non-hydrogen) atoms. The van der Waals surface area contributed by atoms with Crippen LogP contribution in [-0.4, -0.2) is 0 Å². The second kappa shape index (κ2) is 1.82. The highest BCUT2D eigenvalue weighted by atomic mass is 14.2. The Hall–Kier alpha value is -0.440. The fourth-order valence-corrected chi connectivity index (χ4v) is 1.09. The largest absolute Gasteiger partial charge is 0.0985 e. The van der Waals surface area contributed by atoms with Crippen LogP contribution in [0.25, 0.3) is 0 Å². The smallest absolute Gasteiger partial charge is 0.0360 e. The molecule has 0 fully saturated rings. The zero-order valence-electron chi connectivity index (χ0n) is 5.73. The summed E-state index contributed by atoms with van der Waals surface area (Å²) in [6, 6.07) is 0. The van der Waals surface area contributed by atoms with E-state index in [1.54, 1.807) is 0 Å². The Kier molecular flexibility index (Phi) is 1.29. The molecule has 2 unspecified atom stereocenters. The molecule has 0 spiro atoms. The molecule has 44 valence electrons. The van der Waals surface area contributed by atoms with Crippen molar-refractivity contribution in [2.75, 3.05) is 0 Å². The maximum Gasteiger partial charge on any atom is 0.0360 e. The fourth-order valence-electron chi connectivity index (χ4n) is 1.09. The van der Waals surface area contributed by atoms with Crippen LogP contribution in [0.1, 0.15) is 20.8 Å². The topological polar surface area (TPSA) is 0 Å². The van der Waals surface area contributed by atoms with Crippen LogP contribution in [0.2, 0.25) is 0 Å². The molecule has 0 saturated heterocycles. The predicted molar refractivity (Wildman–Crippen MR) is 35.3 cm³/mol. The van der Waals surface area contributed by atoms with Crippen molar-refractivity contribution in [2.24, 2.45) is 17.8 Å². The average Bonchev–Trinajstić information content (AvgIpc) is 1.61. The first-order valence-corrected chi connectivity index (χ1v) is 3.23.